The largest absolute Gasteiger partial charge is 0.495 e. The van der Waals surface area contributed by atoms with E-state index >= 15 is 0 Å². The van der Waals surface area contributed by atoms with E-state index in [4.69, 9.17) is 18.8 Å². The average molecular weight is 288 g/mol. The van der Waals surface area contributed by atoms with Crippen LogP contribution in [0.4, 0.5) is 0 Å². The molecule has 3 aliphatic rings. The number of hydrogen-bond donors (Lipinski definition) is 0. The van der Waals surface area contributed by atoms with Crippen LogP contribution >= 0.6 is 0 Å². The molecule has 0 unspecified atom stereocenters. The van der Waals surface area contributed by atoms with E-state index in [1.165, 1.54) is 22.3 Å². The van der Waals surface area contributed by atoms with Crippen molar-refractivity contribution in [3.8, 4) is 0 Å². The standard InChI is InChI=1S/C16H21BO4/c1-15(2)16(3,4)21-17(20-15)14-5-10-6-18-7-11(10)12-8-19-9-13(12)14/h5H,6-9H2,1-4H3. The molecule has 0 amide bonds. The molecule has 0 aliphatic carbocycles. The highest BCUT2D eigenvalue weighted by Crippen LogP contribution is 2.38. The Kier molecular flexibility index (Phi) is 2.83. The van der Waals surface area contributed by atoms with E-state index in [-0.39, 0.29) is 18.3 Å². The Morgan fingerprint density at radius 1 is 0.810 bits per heavy atom. The summed E-state index contributed by atoms with van der Waals surface area (Å²) in [7, 11) is -0.323. The summed E-state index contributed by atoms with van der Waals surface area (Å²) in [4.78, 5) is 0. The van der Waals surface area contributed by atoms with Crippen molar-refractivity contribution >= 4 is 12.6 Å². The van der Waals surface area contributed by atoms with E-state index in [2.05, 4.69) is 33.8 Å². The first-order valence-electron chi connectivity index (χ1n) is 7.56. The lowest BCUT2D eigenvalue weighted by Gasteiger charge is -2.32. The van der Waals surface area contributed by atoms with Gasteiger partial charge in [-0.05, 0) is 55.4 Å². The van der Waals surface area contributed by atoms with Gasteiger partial charge in [0, 0.05) is 0 Å². The fraction of sp³-hybridized carbons (Fsp3) is 0.625. The van der Waals surface area contributed by atoms with Crippen molar-refractivity contribution in [1.29, 1.82) is 0 Å². The summed E-state index contributed by atoms with van der Waals surface area (Å²) in [5, 5.41) is 0. The lowest BCUT2D eigenvalue weighted by atomic mass is 9.73. The Morgan fingerprint density at radius 2 is 1.38 bits per heavy atom. The smallest absolute Gasteiger partial charge is 0.399 e. The predicted octanol–water partition coefficient (Wildman–Crippen LogP) is 2.05. The zero-order chi connectivity index (χ0) is 14.8. The normalized spacial score (nSPS) is 25.2. The van der Waals surface area contributed by atoms with Crippen LogP contribution in [0.15, 0.2) is 6.07 Å². The molecule has 4 rings (SSSR count). The molecular formula is C16H21BO4. The maximum Gasteiger partial charge on any atom is 0.495 e. The van der Waals surface area contributed by atoms with E-state index in [0.29, 0.717) is 26.4 Å². The minimum absolute atomic E-state index is 0.320. The first-order valence-corrected chi connectivity index (χ1v) is 7.56. The number of benzene rings is 1. The summed E-state index contributed by atoms with van der Waals surface area (Å²) < 4.78 is 23.7. The summed E-state index contributed by atoms with van der Waals surface area (Å²) in [5.41, 5.74) is 5.56. The first-order chi connectivity index (χ1) is 9.89. The van der Waals surface area contributed by atoms with Crippen molar-refractivity contribution in [1.82, 2.24) is 0 Å². The summed E-state index contributed by atoms with van der Waals surface area (Å²) >= 11 is 0. The van der Waals surface area contributed by atoms with Gasteiger partial charge in [-0.25, -0.2) is 0 Å². The predicted molar refractivity (Wildman–Crippen MR) is 79.1 cm³/mol. The van der Waals surface area contributed by atoms with Crippen LogP contribution in [0, 0.1) is 0 Å². The summed E-state index contributed by atoms with van der Waals surface area (Å²) in [6, 6.07) is 2.19. The van der Waals surface area contributed by atoms with Gasteiger partial charge in [0.2, 0.25) is 0 Å². The van der Waals surface area contributed by atoms with Crippen molar-refractivity contribution in [2.75, 3.05) is 0 Å². The second-order valence-corrected chi connectivity index (χ2v) is 7.13. The van der Waals surface area contributed by atoms with Crippen molar-refractivity contribution in [2.24, 2.45) is 0 Å². The molecule has 112 valence electrons. The van der Waals surface area contributed by atoms with Crippen LogP contribution in [0.25, 0.3) is 0 Å². The molecule has 1 aromatic carbocycles. The van der Waals surface area contributed by atoms with Gasteiger partial charge in [0.25, 0.3) is 0 Å². The highest BCUT2D eigenvalue weighted by atomic mass is 16.7. The fourth-order valence-corrected chi connectivity index (χ4v) is 3.26. The fourth-order valence-electron chi connectivity index (χ4n) is 3.26. The van der Waals surface area contributed by atoms with Gasteiger partial charge in [0.15, 0.2) is 0 Å². The van der Waals surface area contributed by atoms with E-state index < -0.39 is 0 Å². The van der Waals surface area contributed by atoms with Gasteiger partial charge in [0.1, 0.15) is 0 Å². The molecule has 1 aromatic rings. The van der Waals surface area contributed by atoms with Crippen LogP contribution in [0.5, 0.6) is 0 Å². The van der Waals surface area contributed by atoms with Crippen LogP contribution < -0.4 is 5.46 Å². The molecule has 3 heterocycles. The van der Waals surface area contributed by atoms with Gasteiger partial charge in [-0.1, -0.05) is 6.07 Å². The van der Waals surface area contributed by atoms with Crippen molar-refractivity contribution in [3.05, 3.63) is 28.3 Å². The number of fused-ring (bicyclic) bond motifs is 3. The molecule has 1 saturated heterocycles. The highest BCUT2D eigenvalue weighted by Gasteiger charge is 2.52. The SMILES string of the molecule is CC1(C)OB(c2cc3c(c4c2COC4)COC3)OC1(C)C. The number of rotatable bonds is 1. The molecule has 0 radical (unpaired) electrons. The van der Waals surface area contributed by atoms with Gasteiger partial charge >= 0.3 is 7.12 Å². The Bertz CT molecular complexity index is 593. The second-order valence-electron chi connectivity index (χ2n) is 7.13. The minimum Gasteiger partial charge on any atom is -0.399 e. The topological polar surface area (TPSA) is 36.9 Å². The molecule has 0 bridgehead atoms. The monoisotopic (exact) mass is 288 g/mol. The molecule has 5 heteroatoms. The van der Waals surface area contributed by atoms with E-state index in [9.17, 15) is 0 Å². The molecule has 4 nitrogen and oxygen atoms in total. The molecule has 21 heavy (non-hydrogen) atoms. The van der Waals surface area contributed by atoms with Crippen LogP contribution in [0.3, 0.4) is 0 Å². The van der Waals surface area contributed by atoms with Gasteiger partial charge in [-0.2, -0.15) is 0 Å². The minimum atomic E-state index is -0.323. The van der Waals surface area contributed by atoms with Gasteiger partial charge < -0.3 is 18.8 Å². The molecule has 0 N–H and O–H groups in total. The molecular weight excluding hydrogens is 267 g/mol. The summed E-state index contributed by atoms with van der Waals surface area (Å²) in [6.45, 7) is 11.0. The maximum absolute atomic E-state index is 6.22. The van der Waals surface area contributed by atoms with Crippen LogP contribution in [-0.4, -0.2) is 18.3 Å². The molecule has 0 spiro atoms. The van der Waals surface area contributed by atoms with Gasteiger partial charge in [0.05, 0.1) is 37.6 Å². The number of ether oxygens (including phenoxy) is 2. The molecule has 1 fully saturated rings. The zero-order valence-electron chi connectivity index (χ0n) is 13.1. The van der Waals surface area contributed by atoms with Crippen molar-refractivity contribution < 1.29 is 18.8 Å². The molecule has 3 aliphatic heterocycles. The Morgan fingerprint density at radius 3 is 2.10 bits per heavy atom. The number of hydrogen-bond acceptors (Lipinski definition) is 4. The van der Waals surface area contributed by atoms with Crippen LogP contribution in [0.2, 0.25) is 0 Å². The third-order valence-electron chi connectivity index (χ3n) is 5.30. The lowest BCUT2D eigenvalue weighted by molar-refractivity contribution is 0.00578. The average Bonchev–Trinajstić information content (AvgIpc) is 3.07. The Labute approximate surface area is 125 Å². The highest BCUT2D eigenvalue weighted by molar-refractivity contribution is 6.62. The van der Waals surface area contributed by atoms with Crippen molar-refractivity contribution in [3.63, 3.8) is 0 Å². The van der Waals surface area contributed by atoms with Crippen LogP contribution in [-0.2, 0) is 45.2 Å². The third kappa shape index (κ3) is 1.91. The summed E-state index contributed by atoms with van der Waals surface area (Å²) in [6.07, 6.45) is 0. The maximum atomic E-state index is 6.22. The quantitative estimate of drug-likeness (QED) is 0.741. The first kappa shape index (κ1) is 13.8. The van der Waals surface area contributed by atoms with Gasteiger partial charge in [-0.3, -0.25) is 0 Å². The van der Waals surface area contributed by atoms with E-state index in [1.54, 1.807) is 0 Å². The summed E-state index contributed by atoms with van der Waals surface area (Å²) in [5.74, 6) is 0. The van der Waals surface area contributed by atoms with E-state index in [0.717, 1.165) is 5.46 Å². The second kappa shape index (κ2) is 4.32. The zero-order valence-corrected chi connectivity index (χ0v) is 13.1. The van der Waals surface area contributed by atoms with E-state index in [1.807, 2.05) is 0 Å². The molecule has 0 saturated carbocycles. The molecule has 0 atom stereocenters. The van der Waals surface area contributed by atoms with Crippen LogP contribution in [0.1, 0.15) is 49.9 Å². The Balaban J connectivity index is 1.79. The third-order valence-corrected chi connectivity index (χ3v) is 5.30. The lowest BCUT2D eigenvalue weighted by Crippen LogP contribution is -2.41. The van der Waals surface area contributed by atoms with Crippen molar-refractivity contribution in [2.45, 2.75) is 65.3 Å². The Hall–Kier alpha value is -0.875. The van der Waals surface area contributed by atoms with Gasteiger partial charge in [-0.15, -0.1) is 0 Å². The molecule has 0 aromatic heterocycles.